The largest absolute Gasteiger partial charge is 0.464 e. The maximum Gasteiger partial charge on any atom is 0.332 e. The van der Waals surface area contributed by atoms with Gasteiger partial charge in [-0.05, 0) is 19.8 Å². The number of nitrogens with zero attached hydrogens (tertiary/aromatic N) is 1. The Morgan fingerprint density at radius 1 is 1.35 bits per heavy atom. The number of carbonyl (C=O) groups excluding carboxylic acids is 1. The fourth-order valence-corrected chi connectivity index (χ4v) is 2.12. The van der Waals surface area contributed by atoms with Crippen LogP contribution in [0, 0.1) is 10.1 Å². The first-order chi connectivity index (χ1) is 8.10. The third-order valence-electron chi connectivity index (χ3n) is 3.07. The third kappa shape index (κ3) is 3.96. The summed E-state index contributed by atoms with van der Waals surface area (Å²) in [5, 5.41) is 11.1. The molecule has 0 aliphatic heterocycles. The minimum atomic E-state index is -0.995. The lowest BCUT2D eigenvalue weighted by Crippen LogP contribution is -2.45. The predicted octanol–water partition coefficient (Wildman–Crippen LogP) is 1.55. The lowest BCUT2D eigenvalue weighted by Gasteiger charge is -2.28. The van der Waals surface area contributed by atoms with Gasteiger partial charge in [0.1, 0.15) is 13.2 Å². The summed E-state index contributed by atoms with van der Waals surface area (Å²) in [6, 6.07) is 0. The molecule has 0 aromatic heterocycles. The maximum atomic E-state index is 11.1. The Labute approximate surface area is 100 Å². The summed E-state index contributed by atoms with van der Waals surface area (Å²) in [4.78, 5) is 21.9. The van der Waals surface area contributed by atoms with Gasteiger partial charge in [-0.15, -0.1) is 0 Å². The van der Waals surface area contributed by atoms with Crippen molar-refractivity contribution in [1.82, 2.24) is 0 Å². The Morgan fingerprint density at radius 3 is 2.53 bits per heavy atom. The van der Waals surface area contributed by atoms with Crippen LogP contribution in [0.15, 0.2) is 0 Å². The van der Waals surface area contributed by atoms with Crippen LogP contribution in [-0.2, 0) is 14.3 Å². The SMILES string of the molecule is CCOC(=O)COCC1([N+](=O)[O-])CCCCC1. The molecule has 1 saturated carbocycles. The summed E-state index contributed by atoms with van der Waals surface area (Å²) >= 11 is 0. The van der Waals surface area contributed by atoms with Crippen molar-refractivity contribution in [3.63, 3.8) is 0 Å². The molecule has 0 radical (unpaired) electrons. The van der Waals surface area contributed by atoms with Crippen LogP contribution in [-0.4, -0.2) is 36.3 Å². The molecule has 0 unspecified atom stereocenters. The van der Waals surface area contributed by atoms with Gasteiger partial charge in [-0.25, -0.2) is 4.79 Å². The third-order valence-corrected chi connectivity index (χ3v) is 3.07. The molecule has 0 bridgehead atoms. The molecule has 0 heterocycles. The topological polar surface area (TPSA) is 78.7 Å². The normalized spacial score (nSPS) is 18.6. The van der Waals surface area contributed by atoms with Crippen LogP contribution in [0.5, 0.6) is 0 Å². The number of carbonyl (C=O) groups is 1. The molecule has 6 heteroatoms. The van der Waals surface area contributed by atoms with E-state index < -0.39 is 11.5 Å². The second-order valence-electron chi connectivity index (χ2n) is 4.34. The molecule has 0 saturated heterocycles. The summed E-state index contributed by atoms with van der Waals surface area (Å²) in [5.74, 6) is -0.471. The van der Waals surface area contributed by atoms with Crippen LogP contribution in [0.3, 0.4) is 0 Å². The molecule has 0 aromatic rings. The van der Waals surface area contributed by atoms with Crippen molar-refractivity contribution >= 4 is 5.97 Å². The van der Waals surface area contributed by atoms with Crippen LogP contribution in [0.25, 0.3) is 0 Å². The van der Waals surface area contributed by atoms with Crippen molar-refractivity contribution in [1.29, 1.82) is 0 Å². The molecule has 1 aliphatic rings. The molecule has 1 aliphatic carbocycles. The first-order valence-corrected chi connectivity index (χ1v) is 5.98. The van der Waals surface area contributed by atoms with Gasteiger partial charge in [-0.1, -0.05) is 6.42 Å². The highest BCUT2D eigenvalue weighted by molar-refractivity contribution is 5.70. The highest BCUT2D eigenvalue weighted by Crippen LogP contribution is 2.31. The van der Waals surface area contributed by atoms with Gasteiger partial charge in [0.15, 0.2) is 0 Å². The molecule has 0 amide bonds. The lowest BCUT2D eigenvalue weighted by molar-refractivity contribution is -0.579. The monoisotopic (exact) mass is 245 g/mol. The zero-order chi connectivity index (χ0) is 12.7. The summed E-state index contributed by atoms with van der Waals surface area (Å²) in [5.41, 5.74) is -0.995. The van der Waals surface area contributed by atoms with E-state index in [9.17, 15) is 14.9 Å². The molecular weight excluding hydrogens is 226 g/mol. The predicted molar refractivity (Wildman–Crippen MR) is 60.3 cm³/mol. The smallest absolute Gasteiger partial charge is 0.332 e. The lowest BCUT2D eigenvalue weighted by atomic mass is 9.83. The minimum absolute atomic E-state index is 0.00118. The first kappa shape index (κ1) is 13.9. The van der Waals surface area contributed by atoms with Crippen LogP contribution < -0.4 is 0 Å². The Hall–Kier alpha value is -1.17. The van der Waals surface area contributed by atoms with Crippen LogP contribution in [0.4, 0.5) is 0 Å². The van der Waals surface area contributed by atoms with Crippen molar-refractivity contribution in [2.75, 3.05) is 19.8 Å². The van der Waals surface area contributed by atoms with Crippen LogP contribution in [0.2, 0.25) is 0 Å². The molecule has 1 rings (SSSR count). The molecule has 6 nitrogen and oxygen atoms in total. The van der Waals surface area contributed by atoms with Crippen molar-refractivity contribution in [2.24, 2.45) is 0 Å². The van der Waals surface area contributed by atoms with Crippen molar-refractivity contribution in [2.45, 2.75) is 44.6 Å². The number of hydrogen-bond donors (Lipinski definition) is 0. The summed E-state index contributed by atoms with van der Waals surface area (Å²) < 4.78 is 9.83. The average molecular weight is 245 g/mol. The highest BCUT2D eigenvalue weighted by Gasteiger charge is 2.44. The second kappa shape index (κ2) is 6.54. The fraction of sp³-hybridized carbons (Fsp3) is 0.909. The van der Waals surface area contributed by atoms with E-state index >= 15 is 0 Å². The van der Waals surface area contributed by atoms with Crippen LogP contribution >= 0.6 is 0 Å². The summed E-state index contributed by atoms with van der Waals surface area (Å²) in [6.07, 6.45) is 3.80. The van der Waals surface area contributed by atoms with Gasteiger partial charge in [0.05, 0.1) is 6.61 Å². The second-order valence-corrected chi connectivity index (χ2v) is 4.34. The summed E-state index contributed by atoms with van der Waals surface area (Å²) in [7, 11) is 0. The standard InChI is InChI=1S/C11H19NO5/c1-2-17-10(13)8-16-9-11(12(14)15)6-4-3-5-7-11/h2-9H2,1H3. The Balaban J connectivity index is 2.40. The van der Waals surface area contributed by atoms with Gasteiger partial charge in [0.2, 0.25) is 5.54 Å². The minimum Gasteiger partial charge on any atom is -0.464 e. The Kier molecular flexibility index (Phi) is 5.34. The molecule has 98 valence electrons. The van der Waals surface area contributed by atoms with E-state index in [2.05, 4.69) is 0 Å². The molecule has 1 fully saturated rings. The van der Waals surface area contributed by atoms with Gasteiger partial charge in [0.25, 0.3) is 0 Å². The molecule has 17 heavy (non-hydrogen) atoms. The molecule has 0 spiro atoms. The quantitative estimate of drug-likeness (QED) is 0.403. The maximum absolute atomic E-state index is 11.1. The molecule has 0 N–H and O–H groups in total. The number of rotatable bonds is 6. The number of nitro groups is 1. The molecular formula is C11H19NO5. The highest BCUT2D eigenvalue weighted by atomic mass is 16.6. The van der Waals surface area contributed by atoms with E-state index in [1.54, 1.807) is 6.92 Å². The van der Waals surface area contributed by atoms with Gasteiger partial charge < -0.3 is 9.47 Å². The molecule has 0 aromatic carbocycles. The molecule has 0 atom stereocenters. The van der Waals surface area contributed by atoms with Gasteiger partial charge >= 0.3 is 5.97 Å². The van der Waals surface area contributed by atoms with Gasteiger partial charge in [-0.3, -0.25) is 10.1 Å². The van der Waals surface area contributed by atoms with Crippen molar-refractivity contribution in [3.05, 3.63) is 10.1 Å². The number of esters is 1. The van der Waals surface area contributed by atoms with Crippen molar-refractivity contribution in [3.8, 4) is 0 Å². The zero-order valence-corrected chi connectivity index (χ0v) is 10.1. The van der Waals surface area contributed by atoms with E-state index in [0.717, 1.165) is 19.3 Å². The van der Waals surface area contributed by atoms with Crippen LogP contribution in [0.1, 0.15) is 39.0 Å². The van der Waals surface area contributed by atoms with E-state index in [1.807, 2.05) is 0 Å². The number of hydrogen-bond acceptors (Lipinski definition) is 5. The average Bonchev–Trinajstić information content (AvgIpc) is 2.30. The first-order valence-electron chi connectivity index (χ1n) is 5.98. The van der Waals surface area contributed by atoms with Gasteiger partial charge in [0, 0.05) is 17.8 Å². The fourth-order valence-electron chi connectivity index (χ4n) is 2.12. The van der Waals surface area contributed by atoms with E-state index in [0.29, 0.717) is 19.4 Å². The van der Waals surface area contributed by atoms with E-state index in [4.69, 9.17) is 9.47 Å². The Bertz CT molecular complexity index is 273. The van der Waals surface area contributed by atoms with Crippen molar-refractivity contribution < 1.29 is 19.2 Å². The Morgan fingerprint density at radius 2 is 2.00 bits per heavy atom. The van der Waals surface area contributed by atoms with E-state index in [-0.39, 0.29) is 18.1 Å². The van der Waals surface area contributed by atoms with E-state index in [1.165, 1.54) is 0 Å². The summed E-state index contributed by atoms with van der Waals surface area (Å²) in [6.45, 7) is 1.79. The number of ether oxygens (including phenoxy) is 2. The zero-order valence-electron chi connectivity index (χ0n) is 10.1. The van der Waals surface area contributed by atoms with Gasteiger partial charge in [-0.2, -0.15) is 0 Å².